The van der Waals surface area contributed by atoms with Crippen molar-refractivity contribution in [3.05, 3.63) is 29.3 Å². The summed E-state index contributed by atoms with van der Waals surface area (Å²) in [5, 5.41) is 0.553. The van der Waals surface area contributed by atoms with Crippen molar-refractivity contribution in [3.63, 3.8) is 0 Å². The average Bonchev–Trinajstić information content (AvgIpc) is 3.15. The number of rotatable bonds is 3. The van der Waals surface area contributed by atoms with E-state index in [0.717, 1.165) is 12.8 Å². The highest BCUT2D eigenvalue weighted by atomic mass is 35.5. The van der Waals surface area contributed by atoms with Gasteiger partial charge in [-0.1, -0.05) is 17.7 Å². The van der Waals surface area contributed by atoms with Gasteiger partial charge in [-0.15, -0.1) is 0 Å². The Morgan fingerprint density at radius 1 is 1.32 bits per heavy atom. The molecule has 1 aliphatic heterocycles. The fourth-order valence-corrected chi connectivity index (χ4v) is 2.52. The summed E-state index contributed by atoms with van der Waals surface area (Å²) < 4.78 is 4.98. The quantitative estimate of drug-likeness (QED) is 0.798. The van der Waals surface area contributed by atoms with Gasteiger partial charge in [0.05, 0.1) is 6.61 Å². The van der Waals surface area contributed by atoms with Gasteiger partial charge < -0.3 is 4.74 Å². The smallest absolute Gasteiger partial charge is 0.329 e. The third-order valence-electron chi connectivity index (χ3n) is 3.47. The van der Waals surface area contributed by atoms with E-state index < -0.39 is 6.04 Å². The standard InChI is InChI=1S/C14H14ClNO3/c15-10-2-1-3-11(8-10)16(13(17)9-4-5-9)12-6-7-19-14(12)18/h1-3,8-9,12H,4-7H2/t12-/m1/s1. The molecular weight excluding hydrogens is 266 g/mol. The van der Waals surface area contributed by atoms with Gasteiger partial charge in [-0.3, -0.25) is 9.69 Å². The lowest BCUT2D eigenvalue weighted by atomic mass is 10.1. The van der Waals surface area contributed by atoms with Gasteiger partial charge in [0.15, 0.2) is 0 Å². The molecule has 0 spiro atoms. The van der Waals surface area contributed by atoms with E-state index in [0.29, 0.717) is 23.7 Å². The SMILES string of the molecule is O=C1OCC[C@H]1N(C(=O)C1CC1)c1cccc(Cl)c1. The monoisotopic (exact) mass is 279 g/mol. The van der Waals surface area contributed by atoms with Crippen molar-refractivity contribution < 1.29 is 14.3 Å². The van der Waals surface area contributed by atoms with Crippen LogP contribution in [0.2, 0.25) is 5.02 Å². The molecule has 5 heteroatoms. The lowest BCUT2D eigenvalue weighted by Gasteiger charge is -2.26. The van der Waals surface area contributed by atoms with Crippen LogP contribution in [0.25, 0.3) is 0 Å². The second kappa shape index (κ2) is 4.85. The Hall–Kier alpha value is -1.55. The number of nitrogens with zero attached hydrogens (tertiary/aromatic N) is 1. The maximum absolute atomic E-state index is 12.4. The Morgan fingerprint density at radius 2 is 2.11 bits per heavy atom. The summed E-state index contributed by atoms with van der Waals surface area (Å²) in [6, 6.07) is 6.54. The van der Waals surface area contributed by atoms with Crippen LogP contribution in [0.1, 0.15) is 19.3 Å². The molecule has 1 saturated heterocycles. The van der Waals surface area contributed by atoms with Crippen molar-refractivity contribution in [2.45, 2.75) is 25.3 Å². The first kappa shape index (κ1) is 12.5. The Balaban J connectivity index is 1.95. The molecule has 100 valence electrons. The molecule has 1 aromatic rings. The molecule has 0 N–H and O–H groups in total. The van der Waals surface area contributed by atoms with E-state index >= 15 is 0 Å². The lowest BCUT2D eigenvalue weighted by Crippen LogP contribution is -2.44. The summed E-state index contributed by atoms with van der Waals surface area (Å²) in [6.45, 7) is 0.374. The molecule has 0 radical (unpaired) electrons. The average molecular weight is 280 g/mol. The highest BCUT2D eigenvalue weighted by molar-refractivity contribution is 6.31. The van der Waals surface area contributed by atoms with Crippen molar-refractivity contribution in [1.29, 1.82) is 0 Å². The van der Waals surface area contributed by atoms with Crippen LogP contribution >= 0.6 is 11.6 Å². The topological polar surface area (TPSA) is 46.6 Å². The third kappa shape index (κ3) is 2.45. The van der Waals surface area contributed by atoms with Crippen LogP contribution in [0.3, 0.4) is 0 Å². The molecule has 1 heterocycles. The summed E-state index contributed by atoms with van der Waals surface area (Å²) in [7, 11) is 0. The molecule has 0 unspecified atom stereocenters. The summed E-state index contributed by atoms with van der Waals surface area (Å²) in [4.78, 5) is 25.8. The third-order valence-corrected chi connectivity index (χ3v) is 3.70. The minimum absolute atomic E-state index is 0.00566. The molecule has 1 amide bonds. The number of carbonyl (C=O) groups is 2. The number of ether oxygens (including phenoxy) is 1. The molecule has 4 nitrogen and oxygen atoms in total. The number of cyclic esters (lactones) is 1. The molecular formula is C14H14ClNO3. The van der Waals surface area contributed by atoms with E-state index in [4.69, 9.17) is 16.3 Å². The Labute approximate surface area is 116 Å². The maximum Gasteiger partial charge on any atom is 0.329 e. The van der Waals surface area contributed by atoms with Gasteiger partial charge in [0.2, 0.25) is 5.91 Å². The first-order valence-electron chi connectivity index (χ1n) is 6.42. The number of benzene rings is 1. The first-order chi connectivity index (χ1) is 9.16. The number of hydrogen-bond donors (Lipinski definition) is 0. The van der Waals surface area contributed by atoms with E-state index in [2.05, 4.69) is 0 Å². The van der Waals surface area contributed by atoms with E-state index in [1.165, 1.54) is 0 Å². The molecule has 19 heavy (non-hydrogen) atoms. The molecule has 0 bridgehead atoms. The number of hydrogen-bond acceptors (Lipinski definition) is 3. The highest BCUT2D eigenvalue weighted by Gasteiger charge is 2.42. The molecule has 1 atom stereocenters. The van der Waals surface area contributed by atoms with Gasteiger partial charge in [0, 0.05) is 23.0 Å². The minimum Gasteiger partial charge on any atom is -0.464 e. The van der Waals surface area contributed by atoms with Crippen molar-refractivity contribution in [3.8, 4) is 0 Å². The first-order valence-corrected chi connectivity index (χ1v) is 6.80. The van der Waals surface area contributed by atoms with Gasteiger partial charge in [-0.05, 0) is 31.0 Å². The highest BCUT2D eigenvalue weighted by Crippen LogP contribution is 2.35. The largest absolute Gasteiger partial charge is 0.464 e. The number of anilines is 1. The van der Waals surface area contributed by atoms with Crippen molar-refractivity contribution in [1.82, 2.24) is 0 Å². The zero-order valence-corrected chi connectivity index (χ0v) is 11.1. The van der Waals surface area contributed by atoms with Crippen LogP contribution in [0.5, 0.6) is 0 Å². The van der Waals surface area contributed by atoms with Crippen LogP contribution in [0.15, 0.2) is 24.3 Å². The van der Waals surface area contributed by atoms with Crippen LogP contribution in [0.4, 0.5) is 5.69 Å². The molecule has 1 saturated carbocycles. The van der Waals surface area contributed by atoms with E-state index in [1.54, 1.807) is 29.2 Å². The minimum atomic E-state index is -0.508. The summed E-state index contributed by atoms with van der Waals surface area (Å²) >= 11 is 5.98. The number of amides is 1. The van der Waals surface area contributed by atoms with Crippen molar-refractivity contribution >= 4 is 29.2 Å². The predicted octanol–water partition coefficient (Wildman–Crippen LogP) is 2.40. The fourth-order valence-electron chi connectivity index (χ4n) is 2.33. The van der Waals surface area contributed by atoms with Gasteiger partial charge >= 0.3 is 5.97 Å². The van der Waals surface area contributed by atoms with E-state index in [-0.39, 0.29) is 17.8 Å². The maximum atomic E-state index is 12.4. The zero-order chi connectivity index (χ0) is 13.4. The second-order valence-corrected chi connectivity index (χ2v) is 5.37. The Kier molecular flexibility index (Phi) is 3.19. The van der Waals surface area contributed by atoms with Gasteiger partial charge in [-0.2, -0.15) is 0 Å². The summed E-state index contributed by atoms with van der Waals surface area (Å²) in [5.41, 5.74) is 0.674. The summed E-state index contributed by atoms with van der Waals surface area (Å²) in [6.07, 6.45) is 2.35. The van der Waals surface area contributed by atoms with Gasteiger partial charge in [-0.25, -0.2) is 4.79 Å². The Bertz CT molecular complexity index is 527. The second-order valence-electron chi connectivity index (χ2n) is 4.93. The molecule has 0 aromatic heterocycles. The van der Waals surface area contributed by atoms with Crippen molar-refractivity contribution in [2.24, 2.45) is 5.92 Å². The molecule has 1 aliphatic carbocycles. The van der Waals surface area contributed by atoms with Crippen LogP contribution in [-0.2, 0) is 14.3 Å². The molecule has 1 aromatic carbocycles. The van der Waals surface area contributed by atoms with Crippen molar-refractivity contribution in [2.75, 3.05) is 11.5 Å². The zero-order valence-electron chi connectivity index (χ0n) is 10.3. The number of esters is 1. The number of halogens is 1. The Morgan fingerprint density at radius 3 is 2.68 bits per heavy atom. The molecule has 2 aliphatic rings. The van der Waals surface area contributed by atoms with Gasteiger partial charge in [0.1, 0.15) is 6.04 Å². The summed E-state index contributed by atoms with van der Waals surface area (Å²) in [5.74, 6) is -0.271. The molecule has 2 fully saturated rings. The fraction of sp³-hybridized carbons (Fsp3) is 0.429. The normalized spacial score (nSPS) is 22.2. The van der Waals surface area contributed by atoms with Gasteiger partial charge in [0.25, 0.3) is 0 Å². The molecule has 3 rings (SSSR count). The van der Waals surface area contributed by atoms with Crippen LogP contribution < -0.4 is 4.90 Å². The van der Waals surface area contributed by atoms with E-state index in [1.807, 2.05) is 0 Å². The van der Waals surface area contributed by atoms with Crippen LogP contribution in [0, 0.1) is 5.92 Å². The van der Waals surface area contributed by atoms with E-state index in [9.17, 15) is 9.59 Å². The van der Waals surface area contributed by atoms with Crippen LogP contribution in [-0.4, -0.2) is 24.5 Å². The predicted molar refractivity (Wildman–Crippen MR) is 71.0 cm³/mol. The lowest BCUT2D eigenvalue weighted by molar-refractivity contribution is -0.140. The number of carbonyl (C=O) groups excluding carboxylic acids is 2.